The fourth-order valence-corrected chi connectivity index (χ4v) is 2.01. The molecule has 0 aliphatic rings. The van der Waals surface area contributed by atoms with Gasteiger partial charge in [0, 0.05) is 26.8 Å². The molecular weight excluding hydrogens is 284 g/mol. The predicted octanol–water partition coefficient (Wildman–Crippen LogP) is 1.97. The molecule has 0 saturated heterocycles. The Bertz CT molecular complexity index is 452. The average Bonchev–Trinajstić information content (AvgIpc) is 2.55. The SMILES string of the molecule is COCCCNC(=O)NCCCc1ccc(OC)c(OC)c1. The van der Waals surface area contributed by atoms with E-state index < -0.39 is 0 Å². The zero-order valence-corrected chi connectivity index (χ0v) is 13.6. The minimum atomic E-state index is -0.136. The van der Waals surface area contributed by atoms with Crippen LogP contribution in [0.3, 0.4) is 0 Å². The van der Waals surface area contributed by atoms with Gasteiger partial charge >= 0.3 is 6.03 Å². The second kappa shape index (κ2) is 10.7. The zero-order valence-electron chi connectivity index (χ0n) is 13.6. The number of nitrogens with one attached hydrogen (secondary N) is 2. The highest BCUT2D eigenvalue weighted by atomic mass is 16.5. The van der Waals surface area contributed by atoms with Crippen LogP contribution in [0, 0.1) is 0 Å². The first-order valence-electron chi connectivity index (χ1n) is 7.42. The summed E-state index contributed by atoms with van der Waals surface area (Å²) in [5.74, 6) is 1.45. The maximum Gasteiger partial charge on any atom is 0.314 e. The van der Waals surface area contributed by atoms with Gasteiger partial charge in [-0.25, -0.2) is 4.79 Å². The van der Waals surface area contributed by atoms with E-state index in [0.29, 0.717) is 19.7 Å². The monoisotopic (exact) mass is 310 g/mol. The van der Waals surface area contributed by atoms with Gasteiger partial charge in [0.25, 0.3) is 0 Å². The predicted molar refractivity (Wildman–Crippen MR) is 85.8 cm³/mol. The minimum Gasteiger partial charge on any atom is -0.493 e. The highest BCUT2D eigenvalue weighted by molar-refractivity contribution is 5.73. The Morgan fingerprint density at radius 1 is 1.00 bits per heavy atom. The van der Waals surface area contributed by atoms with Gasteiger partial charge in [-0.05, 0) is 37.0 Å². The van der Waals surface area contributed by atoms with Crippen LogP contribution in [0.15, 0.2) is 18.2 Å². The van der Waals surface area contributed by atoms with Gasteiger partial charge in [0.15, 0.2) is 11.5 Å². The van der Waals surface area contributed by atoms with Crippen molar-refractivity contribution in [3.63, 3.8) is 0 Å². The molecule has 0 unspecified atom stereocenters. The third-order valence-corrected chi connectivity index (χ3v) is 3.19. The summed E-state index contributed by atoms with van der Waals surface area (Å²) in [7, 11) is 4.89. The standard InChI is InChI=1S/C16H26N2O4/c1-20-11-5-10-18-16(19)17-9-4-6-13-7-8-14(21-2)15(12-13)22-3/h7-8,12H,4-6,9-11H2,1-3H3,(H2,17,18,19). The molecule has 2 N–H and O–H groups in total. The molecule has 1 aromatic rings. The van der Waals surface area contributed by atoms with E-state index in [-0.39, 0.29) is 6.03 Å². The van der Waals surface area contributed by atoms with E-state index in [1.807, 2.05) is 18.2 Å². The molecule has 1 aromatic carbocycles. The van der Waals surface area contributed by atoms with E-state index in [9.17, 15) is 4.79 Å². The fourth-order valence-electron chi connectivity index (χ4n) is 2.01. The van der Waals surface area contributed by atoms with E-state index in [4.69, 9.17) is 14.2 Å². The number of carbonyl (C=O) groups excluding carboxylic acids is 1. The molecule has 0 atom stereocenters. The molecule has 0 bridgehead atoms. The number of amides is 2. The van der Waals surface area contributed by atoms with Crippen molar-refractivity contribution in [1.82, 2.24) is 10.6 Å². The summed E-state index contributed by atoms with van der Waals surface area (Å²) in [5.41, 5.74) is 1.15. The molecule has 1 rings (SSSR count). The van der Waals surface area contributed by atoms with Crippen LogP contribution in [0.4, 0.5) is 4.79 Å². The van der Waals surface area contributed by atoms with Gasteiger partial charge in [-0.1, -0.05) is 6.07 Å². The summed E-state index contributed by atoms with van der Waals surface area (Å²) < 4.78 is 15.4. The Morgan fingerprint density at radius 2 is 1.68 bits per heavy atom. The van der Waals surface area contributed by atoms with Crippen molar-refractivity contribution >= 4 is 6.03 Å². The first-order valence-corrected chi connectivity index (χ1v) is 7.42. The highest BCUT2D eigenvalue weighted by Gasteiger charge is 2.04. The van der Waals surface area contributed by atoms with E-state index >= 15 is 0 Å². The first-order chi connectivity index (χ1) is 10.7. The number of benzene rings is 1. The molecule has 124 valence electrons. The normalized spacial score (nSPS) is 10.1. The summed E-state index contributed by atoms with van der Waals surface area (Å²) >= 11 is 0. The summed E-state index contributed by atoms with van der Waals surface area (Å²) in [6, 6.07) is 5.73. The number of hydrogen-bond donors (Lipinski definition) is 2. The van der Waals surface area contributed by atoms with Crippen molar-refractivity contribution < 1.29 is 19.0 Å². The Hall–Kier alpha value is -1.95. The van der Waals surface area contributed by atoms with Crippen molar-refractivity contribution in [2.24, 2.45) is 0 Å². The summed E-state index contributed by atoms with van der Waals surface area (Å²) in [6.45, 7) is 1.90. The Kier molecular flexibility index (Phi) is 8.83. The topological polar surface area (TPSA) is 68.8 Å². The highest BCUT2D eigenvalue weighted by Crippen LogP contribution is 2.27. The smallest absolute Gasteiger partial charge is 0.314 e. The van der Waals surface area contributed by atoms with Gasteiger partial charge in [-0.3, -0.25) is 0 Å². The molecule has 0 spiro atoms. The third-order valence-electron chi connectivity index (χ3n) is 3.19. The van der Waals surface area contributed by atoms with Crippen LogP contribution in [0.25, 0.3) is 0 Å². The molecular formula is C16H26N2O4. The van der Waals surface area contributed by atoms with Crippen LogP contribution in [0.1, 0.15) is 18.4 Å². The molecule has 2 amide bonds. The third kappa shape index (κ3) is 6.67. The average molecular weight is 310 g/mol. The molecule has 0 aliphatic heterocycles. The van der Waals surface area contributed by atoms with Crippen LogP contribution in [0.5, 0.6) is 11.5 Å². The van der Waals surface area contributed by atoms with Gasteiger partial charge in [0.05, 0.1) is 14.2 Å². The summed E-state index contributed by atoms with van der Waals surface area (Å²) in [6.07, 6.45) is 2.54. The maximum absolute atomic E-state index is 11.5. The number of rotatable bonds is 10. The zero-order chi connectivity index (χ0) is 16.2. The summed E-state index contributed by atoms with van der Waals surface area (Å²) in [5, 5.41) is 5.62. The van der Waals surface area contributed by atoms with Gasteiger partial charge in [-0.15, -0.1) is 0 Å². The van der Waals surface area contributed by atoms with Crippen LogP contribution in [-0.2, 0) is 11.2 Å². The Morgan fingerprint density at radius 3 is 2.32 bits per heavy atom. The van der Waals surface area contributed by atoms with Gasteiger partial charge in [0.2, 0.25) is 0 Å². The van der Waals surface area contributed by atoms with Gasteiger partial charge < -0.3 is 24.8 Å². The van der Waals surface area contributed by atoms with Crippen molar-refractivity contribution in [3.05, 3.63) is 23.8 Å². The summed E-state index contributed by atoms with van der Waals surface area (Å²) in [4.78, 5) is 11.5. The lowest BCUT2D eigenvalue weighted by Crippen LogP contribution is -2.36. The van der Waals surface area contributed by atoms with Gasteiger partial charge in [-0.2, -0.15) is 0 Å². The molecule has 0 fully saturated rings. The molecule has 0 aromatic heterocycles. The Balaban J connectivity index is 2.23. The molecule has 0 heterocycles. The molecule has 6 heteroatoms. The lowest BCUT2D eigenvalue weighted by molar-refractivity contribution is 0.193. The van der Waals surface area contributed by atoms with Crippen molar-refractivity contribution in [2.45, 2.75) is 19.3 Å². The number of methoxy groups -OCH3 is 3. The fraction of sp³-hybridized carbons (Fsp3) is 0.562. The molecule has 0 radical (unpaired) electrons. The van der Waals surface area contributed by atoms with Crippen LogP contribution in [0.2, 0.25) is 0 Å². The number of ether oxygens (including phenoxy) is 3. The molecule has 6 nitrogen and oxygen atoms in total. The number of urea groups is 1. The van der Waals surface area contributed by atoms with Crippen LogP contribution >= 0.6 is 0 Å². The van der Waals surface area contributed by atoms with Crippen LogP contribution < -0.4 is 20.1 Å². The van der Waals surface area contributed by atoms with Crippen molar-refractivity contribution in [3.8, 4) is 11.5 Å². The van der Waals surface area contributed by atoms with E-state index in [0.717, 1.165) is 36.3 Å². The maximum atomic E-state index is 11.5. The number of hydrogen-bond acceptors (Lipinski definition) is 4. The molecule has 22 heavy (non-hydrogen) atoms. The second-order valence-electron chi connectivity index (χ2n) is 4.82. The van der Waals surface area contributed by atoms with Gasteiger partial charge in [0.1, 0.15) is 0 Å². The molecule has 0 aliphatic carbocycles. The lowest BCUT2D eigenvalue weighted by atomic mass is 10.1. The van der Waals surface area contributed by atoms with Crippen LogP contribution in [-0.4, -0.2) is 47.1 Å². The minimum absolute atomic E-state index is 0.136. The van der Waals surface area contributed by atoms with E-state index in [2.05, 4.69) is 10.6 Å². The van der Waals surface area contributed by atoms with E-state index in [1.165, 1.54) is 0 Å². The number of aryl methyl sites for hydroxylation is 1. The molecule has 0 saturated carbocycles. The van der Waals surface area contributed by atoms with E-state index in [1.54, 1.807) is 21.3 Å². The largest absolute Gasteiger partial charge is 0.493 e. The lowest BCUT2D eigenvalue weighted by Gasteiger charge is -2.10. The first kappa shape index (κ1) is 18.1. The quantitative estimate of drug-likeness (QED) is 0.648. The second-order valence-corrected chi connectivity index (χ2v) is 4.82. The van der Waals surface area contributed by atoms with Crippen molar-refractivity contribution in [2.75, 3.05) is 41.0 Å². The van der Waals surface area contributed by atoms with Crippen molar-refractivity contribution in [1.29, 1.82) is 0 Å². The Labute approximate surface area is 132 Å². The number of carbonyl (C=O) groups is 1.